The maximum absolute atomic E-state index is 13.0. The van der Waals surface area contributed by atoms with Crippen molar-refractivity contribution in [2.75, 3.05) is 13.7 Å². The lowest BCUT2D eigenvalue weighted by Gasteiger charge is -2.27. The largest absolute Gasteiger partial charge is 0.497 e. The van der Waals surface area contributed by atoms with Crippen LogP contribution in [0.15, 0.2) is 70.0 Å². The van der Waals surface area contributed by atoms with Gasteiger partial charge in [0, 0.05) is 18.8 Å². The molecule has 0 radical (unpaired) electrons. The maximum Gasteiger partial charge on any atom is 0.290 e. The van der Waals surface area contributed by atoms with E-state index in [0.717, 1.165) is 11.3 Å². The van der Waals surface area contributed by atoms with Crippen LogP contribution in [0, 0.1) is 0 Å². The second-order valence-corrected chi connectivity index (χ2v) is 6.48. The van der Waals surface area contributed by atoms with Gasteiger partial charge in [0.2, 0.25) is 0 Å². The lowest BCUT2D eigenvalue weighted by molar-refractivity contribution is 0.0667. The fourth-order valence-corrected chi connectivity index (χ4v) is 3.15. The van der Waals surface area contributed by atoms with Crippen molar-refractivity contribution in [1.82, 2.24) is 9.47 Å². The van der Waals surface area contributed by atoms with Crippen molar-refractivity contribution in [2.45, 2.75) is 26.4 Å². The Labute approximate surface area is 164 Å². The first kappa shape index (κ1) is 19.5. The van der Waals surface area contributed by atoms with Crippen LogP contribution in [-0.4, -0.2) is 29.0 Å². The van der Waals surface area contributed by atoms with Gasteiger partial charge in [-0.1, -0.05) is 18.2 Å². The number of methoxy groups -OCH3 is 1. The zero-order valence-corrected chi connectivity index (χ0v) is 16.3. The molecule has 146 valence electrons. The van der Waals surface area contributed by atoms with Gasteiger partial charge in [0.05, 0.1) is 19.7 Å². The predicted octanol–water partition coefficient (Wildman–Crippen LogP) is 3.72. The van der Waals surface area contributed by atoms with E-state index in [0.29, 0.717) is 12.3 Å². The smallest absolute Gasteiger partial charge is 0.290 e. The Bertz CT molecular complexity index is 1010. The normalized spacial score (nSPS) is 11.8. The van der Waals surface area contributed by atoms with Crippen LogP contribution >= 0.6 is 0 Å². The molecule has 6 nitrogen and oxygen atoms in total. The second-order valence-electron chi connectivity index (χ2n) is 6.48. The van der Waals surface area contributed by atoms with Gasteiger partial charge in [0.1, 0.15) is 11.5 Å². The Hall–Kier alpha value is -3.28. The lowest BCUT2D eigenvalue weighted by atomic mass is 10.1. The summed E-state index contributed by atoms with van der Waals surface area (Å²) < 4.78 is 12.6. The number of carbonyl (C=O) groups excluding carboxylic acids is 1. The monoisotopic (exact) mass is 380 g/mol. The van der Waals surface area contributed by atoms with Gasteiger partial charge in [0.15, 0.2) is 5.76 Å². The SMILES string of the molecule is CCN(C(=O)c1ccc(Cn2ccccc2=O)o1)C(C)c1cccc(OC)c1. The van der Waals surface area contributed by atoms with Gasteiger partial charge in [-0.3, -0.25) is 9.59 Å². The number of amides is 1. The first-order chi connectivity index (χ1) is 13.5. The molecule has 0 fully saturated rings. The number of ether oxygens (including phenoxy) is 1. The van der Waals surface area contributed by atoms with E-state index < -0.39 is 0 Å². The fraction of sp³-hybridized carbons (Fsp3) is 0.273. The molecule has 0 aliphatic rings. The number of carbonyl (C=O) groups is 1. The number of furan rings is 1. The third-order valence-electron chi connectivity index (χ3n) is 4.74. The van der Waals surface area contributed by atoms with Crippen LogP contribution in [0.4, 0.5) is 0 Å². The van der Waals surface area contributed by atoms with Gasteiger partial charge in [0.25, 0.3) is 11.5 Å². The van der Waals surface area contributed by atoms with E-state index in [4.69, 9.17) is 9.15 Å². The van der Waals surface area contributed by atoms with Crippen LogP contribution < -0.4 is 10.3 Å². The molecule has 0 saturated heterocycles. The van der Waals surface area contributed by atoms with Crippen molar-refractivity contribution in [1.29, 1.82) is 0 Å². The average Bonchev–Trinajstić information content (AvgIpc) is 3.18. The molecule has 3 rings (SSSR count). The highest BCUT2D eigenvalue weighted by atomic mass is 16.5. The summed E-state index contributed by atoms with van der Waals surface area (Å²) in [5.74, 6) is 1.38. The Morgan fingerprint density at radius 3 is 2.71 bits per heavy atom. The molecule has 1 unspecified atom stereocenters. The van der Waals surface area contributed by atoms with E-state index in [-0.39, 0.29) is 29.8 Å². The van der Waals surface area contributed by atoms with E-state index >= 15 is 0 Å². The van der Waals surface area contributed by atoms with Crippen LogP contribution in [0.1, 0.15) is 41.8 Å². The number of aromatic nitrogens is 1. The Morgan fingerprint density at radius 2 is 2.00 bits per heavy atom. The van der Waals surface area contributed by atoms with Crippen LogP contribution in [0.3, 0.4) is 0 Å². The van der Waals surface area contributed by atoms with Crippen molar-refractivity contribution in [2.24, 2.45) is 0 Å². The quantitative estimate of drug-likeness (QED) is 0.627. The minimum absolute atomic E-state index is 0.117. The van der Waals surface area contributed by atoms with Crippen LogP contribution in [0.2, 0.25) is 0 Å². The summed E-state index contributed by atoms with van der Waals surface area (Å²) in [6, 6.07) is 15.9. The van der Waals surface area contributed by atoms with Crippen LogP contribution in [0.5, 0.6) is 5.75 Å². The molecule has 0 saturated carbocycles. The topological polar surface area (TPSA) is 64.7 Å². The molecule has 28 heavy (non-hydrogen) atoms. The highest BCUT2D eigenvalue weighted by molar-refractivity contribution is 5.91. The molecule has 1 atom stereocenters. The molecular weight excluding hydrogens is 356 g/mol. The third kappa shape index (κ3) is 4.17. The first-order valence-corrected chi connectivity index (χ1v) is 9.22. The van der Waals surface area contributed by atoms with Gasteiger partial charge < -0.3 is 18.6 Å². The Balaban J connectivity index is 1.79. The minimum atomic E-state index is -0.190. The molecule has 1 amide bonds. The van der Waals surface area contributed by atoms with Gasteiger partial charge in [-0.25, -0.2) is 0 Å². The van der Waals surface area contributed by atoms with E-state index in [1.54, 1.807) is 42.5 Å². The molecule has 1 aromatic carbocycles. The maximum atomic E-state index is 13.0. The van der Waals surface area contributed by atoms with Crippen molar-refractivity contribution in [3.63, 3.8) is 0 Å². The molecule has 2 heterocycles. The number of hydrogen-bond acceptors (Lipinski definition) is 4. The van der Waals surface area contributed by atoms with Gasteiger partial charge >= 0.3 is 0 Å². The second kappa shape index (κ2) is 8.61. The molecule has 0 bridgehead atoms. The number of nitrogens with zero attached hydrogens (tertiary/aromatic N) is 2. The van der Waals surface area contributed by atoms with Gasteiger partial charge in [-0.2, -0.15) is 0 Å². The summed E-state index contributed by atoms with van der Waals surface area (Å²) in [6.45, 7) is 4.72. The number of rotatable bonds is 7. The van der Waals surface area contributed by atoms with Crippen molar-refractivity contribution in [3.8, 4) is 5.75 Å². The summed E-state index contributed by atoms with van der Waals surface area (Å²) in [6.07, 6.45) is 1.69. The summed E-state index contributed by atoms with van der Waals surface area (Å²) in [7, 11) is 1.62. The predicted molar refractivity (Wildman–Crippen MR) is 107 cm³/mol. The Morgan fingerprint density at radius 1 is 1.18 bits per heavy atom. The summed E-state index contributed by atoms with van der Waals surface area (Å²) in [5.41, 5.74) is 0.866. The molecule has 6 heteroatoms. The average molecular weight is 380 g/mol. The zero-order valence-electron chi connectivity index (χ0n) is 16.3. The number of hydrogen-bond donors (Lipinski definition) is 0. The number of benzene rings is 1. The zero-order chi connectivity index (χ0) is 20.1. The van der Waals surface area contributed by atoms with Crippen molar-refractivity contribution >= 4 is 5.91 Å². The summed E-state index contributed by atoms with van der Waals surface area (Å²) in [5, 5.41) is 0. The highest BCUT2D eigenvalue weighted by Gasteiger charge is 2.24. The van der Waals surface area contributed by atoms with Crippen LogP contribution in [-0.2, 0) is 6.54 Å². The standard InChI is InChI=1S/C22H24N2O4/c1-4-24(16(2)17-8-7-9-18(14-17)27-3)22(26)20-12-11-19(28-20)15-23-13-6-5-10-21(23)25/h5-14,16H,4,15H2,1-3H3. The van der Waals surface area contributed by atoms with E-state index in [1.165, 1.54) is 10.6 Å². The summed E-state index contributed by atoms with van der Waals surface area (Å²) in [4.78, 5) is 26.6. The molecule has 2 aromatic heterocycles. The van der Waals surface area contributed by atoms with Gasteiger partial charge in [-0.05, 0) is 49.7 Å². The number of pyridine rings is 1. The molecule has 3 aromatic rings. The highest BCUT2D eigenvalue weighted by Crippen LogP contribution is 2.25. The molecule has 0 aliphatic heterocycles. The summed E-state index contributed by atoms with van der Waals surface area (Å²) >= 11 is 0. The van der Waals surface area contributed by atoms with E-state index in [9.17, 15) is 9.59 Å². The molecule has 0 spiro atoms. The minimum Gasteiger partial charge on any atom is -0.497 e. The molecular formula is C22H24N2O4. The molecule has 0 aliphatic carbocycles. The Kier molecular flexibility index (Phi) is 5.99. The third-order valence-corrected chi connectivity index (χ3v) is 4.74. The van der Waals surface area contributed by atoms with Crippen LogP contribution in [0.25, 0.3) is 0 Å². The fourth-order valence-electron chi connectivity index (χ4n) is 3.15. The van der Waals surface area contributed by atoms with Crippen molar-refractivity contribution in [3.05, 3.63) is 88.2 Å². The van der Waals surface area contributed by atoms with E-state index in [2.05, 4.69) is 0 Å². The van der Waals surface area contributed by atoms with Gasteiger partial charge in [-0.15, -0.1) is 0 Å². The lowest BCUT2D eigenvalue weighted by Crippen LogP contribution is -2.33. The molecule has 0 N–H and O–H groups in total. The van der Waals surface area contributed by atoms with E-state index in [1.807, 2.05) is 38.1 Å². The first-order valence-electron chi connectivity index (χ1n) is 9.22. The van der Waals surface area contributed by atoms with Crippen molar-refractivity contribution < 1.29 is 13.9 Å².